The quantitative estimate of drug-likeness (QED) is 0.214. The van der Waals surface area contributed by atoms with Gasteiger partial charge in [-0.1, -0.05) is 41.1 Å². The second-order valence-corrected chi connectivity index (χ2v) is 9.95. The van der Waals surface area contributed by atoms with Crippen LogP contribution in [0.1, 0.15) is 17.0 Å². The Kier molecular flexibility index (Phi) is 6.89. The maximum absolute atomic E-state index is 13.4. The number of para-hydroxylation sites is 1. The van der Waals surface area contributed by atoms with Crippen LogP contribution in [0.15, 0.2) is 87.6 Å². The van der Waals surface area contributed by atoms with Crippen molar-refractivity contribution in [2.75, 3.05) is 6.54 Å². The maximum atomic E-state index is 13.4. The van der Waals surface area contributed by atoms with E-state index in [2.05, 4.69) is 20.1 Å². The number of aliphatic imine (C=N–C) groups is 1. The van der Waals surface area contributed by atoms with Crippen LogP contribution in [0.2, 0.25) is 5.02 Å². The van der Waals surface area contributed by atoms with E-state index >= 15 is 0 Å². The number of benzene rings is 2. The Morgan fingerprint density at radius 1 is 1.09 bits per heavy atom. The maximum Gasteiger partial charge on any atom is 0.282 e. The molecule has 0 amide bonds. The van der Waals surface area contributed by atoms with Crippen molar-refractivity contribution in [2.24, 2.45) is 4.99 Å². The Bertz CT molecular complexity index is 1460. The molecule has 0 saturated heterocycles. The fraction of sp³-hybridized carbons (Fsp3) is 0.120. The molecule has 5 aromatic rings. The highest BCUT2D eigenvalue weighted by atomic mass is 35.5. The largest absolute Gasteiger partial charge is 0.292 e. The molecular formula is C25H20ClN5OS2. The Morgan fingerprint density at radius 2 is 1.91 bits per heavy atom. The third-order valence-electron chi connectivity index (χ3n) is 5.12. The van der Waals surface area contributed by atoms with Crippen LogP contribution in [-0.4, -0.2) is 32.5 Å². The summed E-state index contributed by atoms with van der Waals surface area (Å²) in [7, 11) is 0. The van der Waals surface area contributed by atoms with E-state index in [1.54, 1.807) is 24.2 Å². The number of halogens is 1. The lowest BCUT2D eigenvalue weighted by Gasteiger charge is -2.01. The van der Waals surface area contributed by atoms with Gasteiger partial charge in [0.2, 0.25) is 5.13 Å². The van der Waals surface area contributed by atoms with Gasteiger partial charge in [0.1, 0.15) is 0 Å². The summed E-state index contributed by atoms with van der Waals surface area (Å²) in [6.45, 7) is 0.548. The minimum atomic E-state index is -0.160. The first kappa shape index (κ1) is 22.6. The van der Waals surface area contributed by atoms with E-state index in [-0.39, 0.29) is 5.56 Å². The average molecular weight is 506 g/mol. The molecular weight excluding hydrogens is 486 g/mol. The molecule has 1 N–H and O–H groups in total. The summed E-state index contributed by atoms with van der Waals surface area (Å²) in [6, 6.07) is 21.3. The van der Waals surface area contributed by atoms with Crippen molar-refractivity contribution in [1.82, 2.24) is 19.7 Å². The molecule has 0 fully saturated rings. The van der Waals surface area contributed by atoms with E-state index in [0.29, 0.717) is 34.4 Å². The van der Waals surface area contributed by atoms with Gasteiger partial charge in [-0.15, -0.1) is 11.8 Å². The van der Waals surface area contributed by atoms with E-state index < -0.39 is 0 Å². The Balaban J connectivity index is 1.43. The molecule has 9 heteroatoms. The molecule has 0 bridgehead atoms. The number of thiazole rings is 1. The van der Waals surface area contributed by atoms with Gasteiger partial charge >= 0.3 is 0 Å². The van der Waals surface area contributed by atoms with E-state index in [0.717, 1.165) is 26.5 Å². The molecule has 5 rings (SSSR count). The second-order valence-electron chi connectivity index (χ2n) is 7.46. The number of rotatable bonds is 8. The van der Waals surface area contributed by atoms with Crippen LogP contribution in [0.4, 0.5) is 0 Å². The summed E-state index contributed by atoms with van der Waals surface area (Å²) in [5.74, 6) is 0.580. The van der Waals surface area contributed by atoms with Crippen molar-refractivity contribution in [3.8, 4) is 5.13 Å². The third-order valence-corrected chi connectivity index (χ3v) is 7.43. The molecule has 0 radical (unpaired) electrons. The van der Waals surface area contributed by atoms with Crippen molar-refractivity contribution in [3.05, 3.63) is 105 Å². The highest BCUT2D eigenvalue weighted by Gasteiger charge is 2.17. The number of thioether (sulfide) groups is 1. The van der Waals surface area contributed by atoms with Gasteiger partial charge in [-0.25, -0.2) is 4.98 Å². The zero-order valence-electron chi connectivity index (χ0n) is 18.0. The predicted molar refractivity (Wildman–Crippen MR) is 141 cm³/mol. The normalized spacial score (nSPS) is 11.6. The van der Waals surface area contributed by atoms with E-state index in [1.165, 1.54) is 16.0 Å². The number of aromatic amines is 1. The molecule has 34 heavy (non-hydrogen) atoms. The van der Waals surface area contributed by atoms with Crippen LogP contribution in [0.5, 0.6) is 0 Å². The minimum absolute atomic E-state index is 0.160. The van der Waals surface area contributed by atoms with Crippen LogP contribution in [0.25, 0.3) is 15.3 Å². The summed E-state index contributed by atoms with van der Waals surface area (Å²) < 4.78 is 2.55. The number of nitrogens with one attached hydrogen (secondary N) is 1. The molecule has 0 saturated carbocycles. The number of fused-ring (bicyclic) bond motifs is 1. The molecule has 0 aliphatic heterocycles. The Hall–Kier alpha value is -3.20. The Labute approximate surface area is 209 Å². The molecule has 0 aliphatic carbocycles. The number of H-pyrrole nitrogens is 1. The number of aromatic nitrogens is 4. The summed E-state index contributed by atoms with van der Waals surface area (Å²) in [5, 5.41) is 4.57. The predicted octanol–water partition coefficient (Wildman–Crippen LogP) is 5.78. The van der Waals surface area contributed by atoms with Gasteiger partial charge in [0.05, 0.1) is 21.5 Å². The molecule has 0 aliphatic rings. The van der Waals surface area contributed by atoms with E-state index in [9.17, 15) is 4.79 Å². The molecule has 0 spiro atoms. The van der Waals surface area contributed by atoms with Crippen LogP contribution in [0, 0.1) is 0 Å². The van der Waals surface area contributed by atoms with E-state index in [1.807, 2.05) is 66.7 Å². The molecule has 170 valence electrons. The Morgan fingerprint density at radius 3 is 2.71 bits per heavy atom. The lowest BCUT2D eigenvalue weighted by Crippen LogP contribution is -2.17. The first-order chi connectivity index (χ1) is 16.7. The van der Waals surface area contributed by atoms with E-state index in [4.69, 9.17) is 11.6 Å². The summed E-state index contributed by atoms with van der Waals surface area (Å²) >= 11 is 9.11. The standard InChI is InChI=1S/C25H20ClN5OS2/c26-17-8-10-19(11-9-17)33-16-22-20(15-27-14-12-18-5-3-4-13-28-18)24(32)31(30-22)25-29-21-6-1-2-7-23(21)34-25/h1-11,13,15,30H,12,14,16H2. The van der Waals surface area contributed by atoms with Crippen molar-refractivity contribution < 1.29 is 0 Å². The average Bonchev–Trinajstić information content (AvgIpc) is 3.43. The molecule has 3 heterocycles. The molecule has 0 unspecified atom stereocenters. The van der Waals surface area contributed by atoms with Crippen molar-refractivity contribution in [2.45, 2.75) is 17.1 Å². The highest BCUT2D eigenvalue weighted by Crippen LogP contribution is 2.26. The molecule has 2 aromatic carbocycles. The van der Waals surface area contributed by atoms with Crippen LogP contribution < -0.4 is 5.56 Å². The van der Waals surface area contributed by atoms with Gasteiger partial charge in [0.25, 0.3) is 5.56 Å². The second kappa shape index (κ2) is 10.4. The minimum Gasteiger partial charge on any atom is -0.292 e. The number of pyridine rings is 1. The molecule has 0 atom stereocenters. The summed E-state index contributed by atoms with van der Waals surface area (Å²) in [5.41, 5.74) is 3.02. The summed E-state index contributed by atoms with van der Waals surface area (Å²) in [6.07, 6.45) is 4.15. The molecule has 3 aromatic heterocycles. The van der Waals surface area contributed by atoms with Crippen molar-refractivity contribution in [1.29, 1.82) is 0 Å². The lowest BCUT2D eigenvalue weighted by atomic mass is 10.2. The van der Waals surface area contributed by atoms with Gasteiger partial charge in [0, 0.05) is 46.7 Å². The highest BCUT2D eigenvalue weighted by molar-refractivity contribution is 7.98. The third kappa shape index (κ3) is 5.14. The van der Waals surface area contributed by atoms with Gasteiger partial charge in [-0.3, -0.25) is 19.9 Å². The SMILES string of the molecule is O=c1c(C=NCCc2ccccn2)c(CSc2ccc(Cl)cc2)[nH]n1-c1nc2ccccc2s1. The van der Waals surface area contributed by atoms with Crippen molar-refractivity contribution >= 4 is 51.1 Å². The zero-order valence-corrected chi connectivity index (χ0v) is 20.4. The lowest BCUT2D eigenvalue weighted by molar-refractivity contribution is 0.827. The first-order valence-corrected chi connectivity index (χ1v) is 12.8. The first-order valence-electron chi connectivity index (χ1n) is 10.7. The topological polar surface area (TPSA) is 75.9 Å². The summed E-state index contributed by atoms with van der Waals surface area (Å²) in [4.78, 5) is 27.9. The fourth-order valence-electron chi connectivity index (χ4n) is 3.40. The fourth-order valence-corrected chi connectivity index (χ4v) is 5.31. The van der Waals surface area contributed by atoms with Gasteiger partial charge in [-0.05, 0) is 48.5 Å². The van der Waals surface area contributed by atoms with Crippen molar-refractivity contribution in [3.63, 3.8) is 0 Å². The van der Waals surface area contributed by atoms with Crippen LogP contribution >= 0.6 is 34.7 Å². The monoisotopic (exact) mass is 505 g/mol. The van der Waals surface area contributed by atoms with Gasteiger partial charge in [0.15, 0.2) is 0 Å². The number of nitrogens with zero attached hydrogens (tertiary/aromatic N) is 4. The van der Waals surface area contributed by atoms with Crippen LogP contribution in [-0.2, 0) is 12.2 Å². The number of hydrogen-bond donors (Lipinski definition) is 1. The van der Waals surface area contributed by atoms with Gasteiger partial charge in [-0.2, -0.15) is 4.68 Å². The number of hydrogen-bond acceptors (Lipinski definition) is 6. The van der Waals surface area contributed by atoms with Crippen LogP contribution in [0.3, 0.4) is 0 Å². The smallest absolute Gasteiger partial charge is 0.282 e. The molecule has 6 nitrogen and oxygen atoms in total. The van der Waals surface area contributed by atoms with Gasteiger partial charge < -0.3 is 0 Å². The zero-order chi connectivity index (χ0) is 23.3.